The van der Waals surface area contributed by atoms with E-state index in [4.69, 9.17) is 25.5 Å². The summed E-state index contributed by atoms with van der Waals surface area (Å²) in [6, 6.07) is 19.8. The second-order valence-corrected chi connectivity index (χ2v) is 8.86. The molecule has 0 unspecified atom stereocenters. The third kappa shape index (κ3) is 4.97. The quantitative estimate of drug-likeness (QED) is 0.212. The summed E-state index contributed by atoms with van der Waals surface area (Å²) in [6.07, 6.45) is 1.53. The minimum Gasteiger partial charge on any atom is -0.445 e. The van der Waals surface area contributed by atoms with Crippen LogP contribution in [0.1, 0.15) is 34.7 Å². The molecule has 3 aromatic carbocycles. The van der Waals surface area contributed by atoms with Gasteiger partial charge in [-0.25, -0.2) is 14.4 Å². The first-order valence-electron chi connectivity index (χ1n) is 11.5. The number of carbonyl (C=O) groups is 2. The third-order valence-corrected chi connectivity index (χ3v) is 6.38. The van der Waals surface area contributed by atoms with Gasteiger partial charge >= 0.3 is 17.7 Å². The van der Waals surface area contributed by atoms with Crippen LogP contribution >= 0.6 is 11.6 Å². The van der Waals surface area contributed by atoms with Gasteiger partial charge in [-0.1, -0.05) is 72.3 Å². The maximum atomic E-state index is 13.2. The lowest BCUT2D eigenvalue weighted by molar-refractivity contribution is -0.136. The first kappa shape index (κ1) is 23.6. The lowest BCUT2D eigenvalue weighted by Crippen LogP contribution is -2.36. The van der Waals surface area contributed by atoms with Gasteiger partial charge < -0.3 is 19.2 Å². The van der Waals surface area contributed by atoms with Gasteiger partial charge in [0.25, 0.3) is 0 Å². The molecule has 182 valence electrons. The number of rotatable bonds is 6. The normalized spacial score (nSPS) is 13.1. The SMILES string of the molecule is O=C(N[C@H](C(=O)Oc1cc2oc(=O)c3c(c2cc1Cl)CCC3)c1ccccc1)OCc1ccccc1. The van der Waals surface area contributed by atoms with Crippen LogP contribution in [0.15, 0.2) is 82.0 Å². The van der Waals surface area contributed by atoms with Crippen LogP contribution in [0.25, 0.3) is 11.0 Å². The minimum atomic E-state index is -1.16. The van der Waals surface area contributed by atoms with Gasteiger partial charge in [0, 0.05) is 17.0 Å². The molecular weight excluding hydrogens is 482 g/mol. The fraction of sp³-hybridized carbons (Fsp3) is 0.179. The number of ether oxygens (including phenoxy) is 2. The number of esters is 1. The van der Waals surface area contributed by atoms with E-state index in [0.29, 0.717) is 23.1 Å². The molecule has 1 heterocycles. The van der Waals surface area contributed by atoms with Gasteiger partial charge in [-0.15, -0.1) is 0 Å². The number of alkyl carbamates (subject to hydrolysis) is 1. The number of fused-ring (bicyclic) bond motifs is 3. The van der Waals surface area contributed by atoms with Crippen molar-refractivity contribution < 1.29 is 23.5 Å². The van der Waals surface area contributed by atoms with E-state index < -0.39 is 18.1 Å². The molecule has 0 bridgehead atoms. The fourth-order valence-electron chi connectivity index (χ4n) is 4.33. The van der Waals surface area contributed by atoms with Crippen LogP contribution in [0.3, 0.4) is 0 Å². The van der Waals surface area contributed by atoms with Crippen molar-refractivity contribution in [1.29, 1.82) is 0 Å². The summed E-state index contributed by atoms with van der Waals surface area (Å²) in [6.45, 7) is 0.0447. The molecule has 0 saturated carbocycles. The predicted octanol–water partition coefficient (Wildman–Crippen LogP) is 5.51. The maximum absolute atomic E-state index is 13.2. The average molecular weight is 504 g/mol. The van der Waals surface area contributed by atoms with Crippen LogP contribution in [-0.4, -0.2) is 12.1 Å². The Labute approximate surface area is 211 Å². The van der Waals surface area contributed by atoms with Crippen LogP contribution in [0.5, 0.6) is 5.75 Å². The van der Waals surface area contributed by atoms with Crippen molar-refractivity contribution in [3.05, 3.63) is 110 Å². The summed E-state index contributed by atoms with van der Waals surface area (Å²) in [5, 5.41) is 3.49. The van der Waals surface area contributed by atoms with Gasteiger partial charge in [-0.05, 0) is 42.0 Å². The number of hydrogen-bond acceptors (Lipinski definition) is 6. The fourth-order valence-corrected chi connectivity index (χ4v) is 4.54. The van der Waals surface area contributed by atoms with Gasteiger partial charge in [0.1, 0.15) is 12.2 Å². The molecule has 0 radical (unpaired) electrons. The first-order valence-corrected chi connectivity index (χ1v) is 11.9. The summed E-state index contributed by atoms with van der Waals surface area (Å²) in [5.74, 6) is -0.752. The largest absolute Gasteiger partial charge is 0.445 e. The number of aryl methyl sites for hydroxylation is 1. The lowest BCUT2D eigenvalue weighted by atomic mass is 10.1. The maximum Gasteiger partial charge on any atom is 0.408 e. The van der Waals surface area contributed by atoms with Crippen LogP contribution in [0, 0.1) is 0 Å². The number of halogens is 1. The Morgan fingerprint density at radius 3 is 2.42 bits per heavy atom. The Bertz CT molecular complexity index is 1480. The lowest BCUT2D eigenvalue weighted by Gasteiger charge is -2.18. The Morgan fingerprint density at radius 2 is 1.67 bits per heavy atom. The van der Waals surface area contributed by atoms with Crippen molar-refractivity contribution in [3.8, 4) is 5.75 Å². The molecule has 1 N–H and O–H groups in total. The molecule has 1 aliphatic rings. The average Bonchev–Trinajstić information content (AvgIpc) is 3.39. The van der Waals surface area contributed by atoms with Gasteiger partial charge in [-0.3, -0.25) is 0 Å². The molecule has 0 fully saturated rings. The van der Waals surface area contributed by atoms with Crippen molar-refractivity contribution in [3.63, 3.8) is 0 Å². The molecule has 7 nitrogen and oxygen atoms in total. The molecule has 8 heteroatoms. The van der Waals surface area contributed by atoms with Crippen LogP contribution in [-0.2, 0) is 29.0 Å². The standard InChI is InChI=1S/C28H22ClNO6/c29-22-14-21-19-12-7-13-20(19)26(31)35-23(21)15-24(22)36-27(32)25(18-10-5-2-6-11-18)30-28(33)34-16-17-8-3-1-4-9-17/h1-6,8-11,14-15,25H,7,12-13,16H2,(H,30,33)/t25-/m0/s1. The smallest absolute Gasteiger partial charge is 0.408 e. The number of nitrogens with one attached hydrogen (secondary N) is 1. The van der Waals surface area contributed by atoms with Crippen LogP contribution in [0.4, 0.5) is 4.79 Å². The Morgan fingerprint density at radius 1 is 0.972 bits per heavy atom. The molecule has 36 heavy (non-hydrogen) atoms. The summed E-state index contributed by atoms with van der Waals surface area (Å²) in [5.41, 5.74) is 2.80. The highest BCUT2D eigenvalue weighted by Gasteiger charge is 2.27. The predicted molar refractivity (Wildman–Crippen MR) is 134 cm³/mol. The van der Waals surface area contributed by atoms with Crippen LogP contribution < -0.4 is 15.7 Å². The highest BCUT2D eigenvalue weighted by Crippen LogP contribution is 2.35. The third-order valence-electron chi connectivity index (χ3n) is 6.08. The zero-order valence-corrected chi connectivity index (χ0v) is 19.9. The molecule has 4 aromatic rings. The highest BCUT2D eigenvalue weighted by molar-refractivity contribution is 6.33. The van der Waals surface area contributed by atoms with Crippen molar-refractivity contribution in [2.75, 3.05) is 0 Å². The molecule has 1 amide bonds. The van der Waals surface area contributed by atoms with E-state index >= 15 is 0 Å². The minimum absolute atomic E-state index is 0.0237. The van der Waals surface area contributed by atoms with Crippen LogP contribution in [0.2, 0.25) is 5.02 Å². The van der Waals surface area contributed by atoms with E-state index in [1.807, 2.05) is 30.3 Å². The summed E-state index contributed by atoms with van der Waals surface area (Å²) >= 11 is 6.45. The van der Waals surface area contributed by atoms with Crippen molar-refractivity contribution >= 4 is 34.6 Å². The molecule has 0 aliphatic heterocycles. The number of carbonyl (C=O) groups excluding carboxylic acids is 2. The number of amides is 1. The zero-order chi connectivity index (χ0) is 25.1. The Balaban J connectivity index is 1.38. The molecule has 1 aliphatic carbocycles. The van der Waals surface area contributed by atoms with Gasteiger partial charge in [0.05, 0.1) is 5.02 Å². The molecule has 1 aromatic heterocycles. The molecular formula is C28H22ClNO6. The second-order valence-electron chi connectivity index (χ2n) is 8.45. The molecule has 5 rings (SSSR count). The summed E-state index contributed by atoms with van der Waals surface area (Å²) in [4.78, 5) is 38.1. The Hall–Kier alpha value is -4.10. The van der Waals surface area contributed by atoms with Gasteiger partial charge in [0.15, 0.2) is 11.8 Å². The van der Waals surface area contributed by atoms with E-state index in [2.05, 4.69) is 5.32 Å². The number of hydrogen-bond donors (Lipinski definition) is 1. The second kappa shape index (κ2) is 10.3. The molecule has 0 spiro atoms. The van der Waals surface area contributed by atoms with Crippen molar-refractivity contribution in [2.45, 2.75) is 31.9 Å². The Kier molecular flexibility index (Phi) is 6.73. The van der Waals surface area contributed by atoms with Crippen molar-refractivity contribution in [1.82, 2.24) is 5.32 Å². The van der Waals surface area contributed by atoms with Crippen molar-refractivity contribution in [2.24, 2.45) is 0 Å². The van der Waals surface area contributed by atoms with Gasteiger partial charge in [0.2, 0.25) is 0 Å². The molecule has 1 atom stereocenters. The van der Waals surface area contributed by atoms with E-state index in [0.717, 1.165) is 29.4 Å². The summed E-state index contributed by atoms with van der Waals surface area (Å²) < 4.78 is 16.3. The van der Waals surface area contributed by atoms with E-state index in [1.165, 1.54) is 6.07 Å². The number of benzene rings is 3. The van der Waals surface area contributed by atoms with Gasteiger partial charge in [-0.2, -0.15) is 0 Å². The van der Waals surface area contributed by atoms with E-state index in [-0.39, 0.29) is 23.0 Å². The molecule has 0 saturated heterocycles. The zero-order valence-electron chi connectivity index (χ0n) is 19.2. The topological polar surface area (TPSA) is 94.8 Å². The van der Waals surface area contributed by atoms with E-state index in [9.17, 15) is 14.4 Å². The summed E-state index contributed by atoms with van der Waals surface area (Å²) in [7, 11) is 0. The monoisotopic (exact) mass is 503 g/mol. The first-order chi connectivity index (χ1) is 17.5. The van der Waals surface area contributed by atoms with E-state index in [1.54, 1.807) is 36.4 Å². The highest BCUT2D eigenvalue weighted by atomic mass is 35.5.